The van der Waals surface area contributed by atoms with Crippen molar-refractivity contribution in [3.8, 4) is 0 Å². The molecule has 96 valence electrons. The van der Waals surface area contributed by atoms with Crippen molar-refractivity contribution in [3.05, 3.63) is 28.2 Å². The van der Waals surface area contributed by atoms with E-state index in [1.807, 2.05) is 0 Å². The van der Waals surface area contributed by atoms with Crippen LogP contribution in [0.2, 0.25) is 10.0 Å². The van der Waals surface area contributed by atoms with E-state index >= 15 is 0 Å². The zero-order chi connectivity index (χ0) is 13.4. The minimum Gasteiger partial charge on any atom is -0.343 e. The Morgan fingerprint density at radius 2 is 1.89 bits per heavy atom. The Morgan fingerprint density at radius 3 is 2.56 bits per heavy atom. The molecule has 2 rings (SSSR count). The van der Waals surface area contributed by atoms with Gasteiger partial charge < -0.3 is 5.32 Å². The van der Waals surface area contributed by atoms with Crippen LogP contribution in [0.4, 0.5) is 5.69 Å². The third-order valence-electron chi connectivity index (χ3n) is 2.90. The summed E-state index contributed by atoms with van der Waals surface area (Å²) in [5.41, 5.74) is 0.461. The summed E-state index contributed by atoms with van der Waals surface area (Å²) in [7, 11) is 0. The predicted octanol–water partition coefficient (Wildman–Crippen LogP) is 2.23. The molecule has 0 saturated carbocycles. The molecule has 1 N–H and O–H groups in total. The fourth-order valence-corrected chi connectivity index (χ4v) is 2.29. The molecule has 0 bridgehead atoms. The van der Waals surface area contributed by atoms with E-state index in [0.29, 0.717) is 15.7 Å². The maximum atomic E-state index is 12.2. The molecule has 0 aromatic heterocycles. The first kappa shape index (κ1) is 13.2. The van der Waals surface area contributed by atoms with Gasteiger partial charge >= 0.3 is 0 Å². The zero-order valence-electron chi connectivity index (χ0n) is 9.91. The highest BCUT2D eigenvalue weighted by Gasteiger charge is 2.37. The lowest BCUT2D eigenvalue weighted by atomic mass is 10.1. The Morgan fingerprint density at radius 1 is 1.22 bits per heavy atom. The van der Waals surface area contributed by atoms with Gasteiger partial charge in [-0.05, 0) is 32.0 Å². The number of nitrogens with one attached hydrogen (secondary N) is 1. The van der Waals surface area contributed by atoms with Crippen molar-refractivity contribution < 1.29 is 9.59 Å². The van der Waals surface area contributed by atoms with Crippen LogP contribution in [-0.4, -0.2) is 23.9 Å². The molecular formula is C12H12Cl2N2O2. The Kier molecular flexibility index (Phi) is 3.50. The van der Waals surface area contributed by atoms with Gasteiger partial charge in [-0.25, -0.2) is 0 Å². The van der Waals surface area contributed by atoms with Crippen LogP contribution < -0.4 is 10.2 Å². The normalized spacial score (nSPS) is 24.1. The first-order valence-corrected chi connectivity index (χ1v) is 6.26. The third-order valence-corrected chi connectivity index (χ3v) is 3.46. The lowest BCUT2D eigenvalue weighted by molar-refractivity contribution is -0.133. The minimum atomic E-state index is -0.607. The Labute approximate surface area is 115 Å². The molecular weight excluding hydrogens is 275 g/mol. The van der Waals surface area contributed by atoms with Gasteiger partial charge in [0.1, 0.15) is 12.1 Å². The average Bonchev–Trinajstić information content (AvgIpc) is 2.31. The van der Waals surface area contributed by atoms with Crippen molar-refractivity contribution in [2.24, 2.45) is 0 Å². The summed E-state index contributed by atoms with van der Waals surface area (Å²) in [6.07, 6.45) is 0. The average molecular weight is 287 g/mol. The van der Waals surface area contributed by atoms with Gasteiger partial charge in [-0.3, -0.25) is 14.5 Å². The van der Waals surface area contributed by atoms with E-state index in [0.717, 1.165) is 0 Å². The molecule has 2 unspecified atom stereocenters. The van der Waals surface area contributed by atoms with Gasteiger partial charge in [0.15, 0.2) is 0 Å². The standard InChI is InChI=1S/C12H12Cl2N2O2/c1-6-12(18)16(7(2)11(17)15-6)10-5-8(13)3-4-9(10)14/h3-7H,1-2H3,(H,15,17). The van der Waals surface area contributed by atoms with Gasteiger partial charge in [0, 0.05) is 5.02 Å². The maximum absolute atomic E-state index is 12.2. The van der Waals surface area contributed by atoms with Gasteiger partial charge in [0.05, 0.1) is 10.7 Å². The van der Waals surface area contributed by atoms with Gasteiger partial charge in [-0.1, -0.05) is 23.2 Å². The Balaban J connectivity index is 2.49. The molecule has 2 atom stereocenters. The number of nitrogens with zero attached hydrogens (tertiary/aromatic N) is 1. The van der Waals surface area contributed by atoms with E-state index in [-0.39, 0.29) is 11.8 Å². The lowest BCUT2D eigenvalue weighted by Crippen LogP contribution is -2.61. The van der Waals surface area contributed by atoms with Crippen molar-refractivity contribution in [1.82, 2.24) is 5.32 Å². The van der Waals surface area contributed by atoms with Crippen molar-refractivity contribution in [3.63, 3.8) is 0 Å². The van der Waals surface area contributed by atoms with Crippen LogP contribution in [0.1, 0.15) is 13.8 Å². The Hall–Kier alpha value is -1.26. The molecule has 0 spiro atoms. The number of amides is 2. The summed E-state index contributed by atoms with van der Waals surface area (Å²) in [6.45, 7) is 3.29. The van der Waals surface area contributed by atoms with E-state index in [9.17, 15) is 9.59 Å². The first-order valence-electron chi connectivity index (χ1n) is 5.50. The Bertz CT molecular complexity index is 519. The van der Waals surface area contributed by atoms with Crippen molar-refractivity contribution in [1.29, 1.82) is 0 Å². The van der Waals surface area contributed by atoms with E-state index in [4.69, 9.17) is 23.2 Å². The molecule has 1 aromatic rings. The van der Waals surface area contributed by atoms with Gasteiger partial charge in [-0.15, -0.1) is 0 Å². The predicted molar refractivity (Wildman–Crippen MR) is 71.0 cm³/mol. The summed E-state index contributed by atoms with van der Waals surface area (Å²) < 4.78 is 0. The number of hydrogen-bond acceptors (Lipinski definition) is 2. The fraction of sp³-hybridized carbons (Fsp3) is 0.333. The SMILES string of the molecule is CC1NC(=O)C(C)N(c2cc(Cl)ccc2Cl)C1=O. The van der Waals surface area contributed by atoms with E-state index in [1.165, 1.54) is 4.90 Å². The van der Waals surface area contributed by atoms with Crippen molar-refractivity contribution in [2.45, 2.75) is 25.9 Å². The quantitative estimate of drug-likeness (QED) is 0.861. The fourth-order valence-electron chi connectivity index (χ4n) is 1.91. The number of piperazine rings is 1. The largest absolute Gasteiger partial charge is 0.343 e. The molecule has 1 aliphatic heterocycles. The number of rotatable bonds is 1. The molecule has 1 fully saturated rings. The number of hydrogen-bond donors (Lipinski definition) is 1. The third kappa shape index (κ3) is 2.18. The second-order valence-electron chi connectivity index (χ2n) is 4.21. The highest BCUT2D eigenvalue weighted by molar-refractivity contribution is 6.36. The molecule has 6 heteroatoms. The molecule has 1 saturated heterocycles. The zero-order valence-corrected chi connectivity index (χ0v) is 11.4. The number of halogens is 2. The van der Waals surface area contributed by atoms with E-state index in [2.05, 4.69) is 5.32 Å². The summed E-state index contributed by atoms with van der Waals surface area (Å²) in [6, 6.07) is 3.66. The molecule has 1 aliphatic rings. The topological polar surface area (TPSA) is 49.4 Å². The van der Waals surface area contributed by atoms with E-state index < -0.39 is 12.1 Å². The lowest BCUT2D eigenvalue weighted by Gasteiger charge is -2.36. The molecule has 4 nitrogen and oxygen atoms in total. The second-order valence-corrected chi connectivity index (χ2v) is 5.05. The smallest absolute Gasteiger partial charge is 0.250 e. The summed E-state index contributed by atoms with van der Waals surface area (Å²) in [4.78, 5) is 25.3. The number of carbonyl (C=O) groups is 2. The molecule has 1 aromatic carbocycles. The van der Waals surface area contributed by atoms with E-state index in [1.54, 1.807) is 32.0 Å². The van der Waals surface area contributed by atoms with Gasteiger partial charge in [0.25, 0.3) is 0 Å². The van der Waals surface area contributed by atoms with Crippen molar-refractivity contribution in [2.75, 3.05) is 4.90 Å². The van der Waals surface area contributed by atoms with Crippen LogP contribution in [0.5, 0.6) is 0 Å². The highest BCUT2D eigenvalue weighted by atomic mass is 35.5. The first-order chi connectivity index (χ1) is 8.41. The molecule has 0 aliphatic carbocycles. The summed E-state index contributed by atoms with van der Waals surface area (Å²) >= 11 is 12.0. The van der Waals surface area contributed by atoms with Crippen LogP contribution in [0, 0.1) is 0 Å². The molecule has 0 radical (unpaired) electrons. The van der Waals surface area contributed by atoms with Gasteiger partial charge in [0.2, 0.25) is 11.8 Å². The molecule has 2 amide bonds. The number of benzene rings is 1. The van der Waals surface area contributed by atoms with Crippen LogP contribution >= 0.6 is 23.2 Å². The van der Waals surface area contributed by atoms with Crippen LogP contribution in [0.15, 0.2) is 18.2 Å². The summed E-state index contributed by atoms with van der Waals surface area (Å²) in [5, 5.41) is 3.46. The number of anilines is 1. The highest BCUT2D eigenvalue weighted by Crippen LogP contribution is 2.31. The molecule has 1 heterocycles. The summed E-state index contributed by atoms with van der Waals surface area (Å²) in [5.74, 6) is -0.413. The van der Waals surface area contributed by atoms with Crippen LogP contribution in [0.25, 0.3) is 0 Å². The monoisotopic (exact) mass is 286 g/mol. The van der Waals surface area contributed by atoms with Gasteiger partial charge in [-0.2, -0.15) is 0 Å². The minimum absolute atomic E-state index is 0.203. The maximum Gasteiger partial charge on any atom is 0.250 e. The van der Waals surface area contributed by atoms with Crippen molar-refractivity contribution >= 4 is 40.7 Å². The molecule has 18 heavy (non-hydrogen) atoms. The van der Waals surface area contributed by atoms with Crippen LogP contribution in [-0.2, 0) is 9.59 Å². The second kappa shape index (κ2) is 4.78. The number of carbonyl (C=O) groups excluding carboxylic acids is 2. The van der Waals surface area contributed by atoms with Crippen LogP contribution in [0.3, 0.4) is 0 Å².